The molecule has 0 saturated carbocycles. The number of hydrogen-bond acceptors (Lipinski definition) is 4. The smallest absolute Gasteiger partial charge is 0.412 e. The lowest BCUT2D eigenvalue weighted by Gasteiger charge is -2.19. The van der Waals surface area contributed by atoms with Gasteiger partial charge >= 0.3 is 6.09 Å². The summed E-state index contributed by atoms with van der Waals surface area (Å²) >= 11 is 0. The van der Waals surface area contributed by atoms with Crippen LogP contribution < -0.4 is 15.4 Å². The molecule has 5 heteroatoms. The van der Waals surface area contributed by atoms with E-state index in [4.69, 9.17) is 9.47 Å². The Hall–Kier alpha value is -1.75. The maximum atomic E-state index is 11.7. The molecule has 0 unspecified atom stereocenters. The van der Waals surface area contributed by atoms with Gasteiger partial charge in [-0.15, -0.1) is 0 Å². The fraction of sp³-hybridized carbons (Fsp3) is 0.611. The second-order valence-electron chi connectivity index (χ2n) is 6.47. The summed E-state index contributed by atoms with van der Waals surface area (Å²) in [5.41, 5.74) is 0.177. The Kier molecular flexibility index (Phi) is 7.89. The van der Waals surface area contributed by atoms with Crippen LogP contribution in [0.3, 0.4) is 0 Å². The molecule has 0 heterocycles. The molecule has 0 fully saturated rings. The second kappa shape index (κ2) is 9.40. The highest BCUT2D eigenvalue weighted by molar-refractivity contribution is 5.84. The third-order valence-corrected chi connectivity index (χ3v) is 3.29. The van der Waals surface area contributed by atoms with E-state index in [-0.39, 0.29) is 0 Å². The summed E-state index contributed by atoms with van der Waals surface area (Å²) in [4.78, 5) is 11.7. The summed E-state index contributed by atoms with van der Waals surface area (Å²) in [5, 5.41) is 6.14. The molecule has 1 amide bonds. The maximum Gasteiger partial charge on any atom is 0.412 e. The van der Waals surface area contributed by atoms with Gasteiger partial charge in [0.1, 0.15) is 18.0 Å². The second-order valence-corrected chi connectivity index (χ2v) is 6.47. The first kappa shape index (κ1) is 19.3. The zero-order valence-electron chi connectivity index (χ0n) is 14.9. The maximum absolute atomic E-state index is 11.7. The lowest BCUT2D eigenvalue weighted by atomic mass is 10.2. The highest BCUT2D eigenvalue weighted by Gasteiger charge is 2.16. The zero-order chi connectivity index (χ0) is 17.3. The van der Waals surface area contributed by atoms with E-state index in [0.29, 0.717) is 18.3 Å². The number of nitrogens with one attached hydrogen (secondary N) is 2. The highest BCUT2D eigenvalue weighted by Crippen LogP contribution is 2.17. The van der Waals surface area contributed by atoms with E-state index in [1.165, 1.54) is 0 Å². The van der Waals surface area contributed by atoms with E-state index >= 15 is 0 Å². The molecule has 130 valence electrons. The van der Waals surface area contributed by atoms with Crippen molar-refractivity contribution in [2.75, 3.05) is 18.5 Å². The van der Waals surface area contributed by atoms with Crippen molar-refractivity contribution in [2.24, 2.45) is 0 Å². The fourth-order valence-electron chi connectivity index (χ4n) is 2.07. The Morgan fingerprint density at radius 1 is 1.13 bits per heavy atom. The first-order chi connectivity index (χ1) is 10.8. The first-order valence-electron chi connectivity index (χ1n) is 8.30. The molecule has 1 aromatic rings. The van der Waals surface area contributed by atoms with Gasteiger partial charge < -0.3 is 14.8 Å². The molecule has 2 N–H and O–H groups in total. The van der Waals surface area contributed by atoms with Gasteiger partial charge in [-0.1, -0.05) is 13.8 Å². The number of anilines is 1. The standard InChI is InChI=1S/C18H30N2O3/c1-6-14(7-2)19-12-13-22-16-10-8-15(9-11-16)20-17(21)23-18(3,4)5/h8-11,14,19H,6-7,12-13H2,1-5H3,(H,20,21). The lowest BCUT2D eigenvalue weighted by Crippen LogP contribution is -2.31. The molecule has 0 radical (unpaired) electrons. The minimum Gasteiger partial charge on any atom is -0.492 e. The SMILES string of the molecule is CCC(CC)NCCOc1ccc(NC(=O)OC(C)(C)C)cc1. The number of rotatable bonds is 8. The Bertz CT molecular complexity index is 462. The van der Waals surface area contributed by atoms with E-state index in [1.54, 1.807) is 12.1 Å². The molecule has 0 aromatic heterocycles. The molecule has 1 aromatic carbocycles. The van der Waals surface area contributed by atoms with Gasteiger partial charge in [-0.25, -0.2) is 4.79 Å². The number of amides is 1. The van der Waals surface area contributed by atoms with E-state index in [2.05, 4.69) is 24.5 Å². The van der Waals surface area contributed by atoms with Gasteiger partial charge in [0, 0.05) is 18.3 Å². The predicted molar refractivity (Wildman–Crippen MR) is 94.2 cm³/mol. The summed E-state index contributed by atoms with van der Waals surface area (Å²) in [7, 11) is 0. The van der Waals surface area contributed by atoms with Crippen LogP contribution in [-0.4, -0.2) is 30.9 Å². The molecule has 0 spiro atoms. The lowest BCUT2D eigenvalue weighted by molar-refractivity contribution is 0.0636. The Morgan fingerprint density at radius 2 is 1.74 bits per heavy atom. The van der Waals surface area contributed by atoms with Gasteiger partial charge in [0.05, 0.1) is 0 Å². The Labute approximate surface area is 139 Å². The van der Waals surface area contributed by atoms with Gasteiger partial charge in [-0.3, -0.25) is 5.32 Å². The van der Waals surface area contributed by atoms with E-state index < -0.39 is 11.7 Å². The molecule has 23 heavy (non-hydrogen) atoms. The summed E-state index contributed by atoms with van der Waals surface area (Å²) < 4.78 is 10.9. The largest absolute Gasteiger partial charge is 0.492 e. The third-order valence-electron chi connectivity index (χ3n) is 3.29. The molecule has 1 rings (SSSR count). The average molecular weight is 322 g/mol. The van der Waals surface area contributed by atoms with Crippen molar-refractivity contribution in [2.45, 2.75) is 59.1 Å². The van der Waals surface area contributed by atoms with Crippen molar-refractivity contribution < 1.29 is 14.3 Å². The van der Waals surface area contributed by atoms with Crippen LogP contribution >= 0.6 is 0 Å². The molecule has 0 saturated heterocycles. The number of ether oxygens (including phenoxy) is 2. The van der Waals surface area contributed by atoms with Crippen LogP contribution in [0.1, 0.15) is 47.5 Å². The van der Waals surface area contributed by atoms with E-state index in [1.807, 2.05) is 32.9 Å². The van der Waals surface area contributed by atoms with E-state index in [0.717, 1.165) is 25.1 Å². The topological polar surface area (TPSA) is 59.6 Å². The van der Waals surface area contributed by atoms with E-state index in [9.17, 15) is 4.79 Å². The van der Waals surface area contributed by atoms with Gasteiger partial charge in [0.2, 0.25) is 0 Å². The van der Waals surface area contributed by atoms with Crippen molar-refractivity contribution in [3.8, 4) is 5.75 Å². The summed E-state index contributed by atoms with van der Waals surface area (Å²) in [6.45, 7) is 11.3. The van der Waals surface area contributed by atoms with Crippen LogP contribution in [0.4, 0.5) is 10.5 Å². The van der Waals surface area contributed by atoms with Crippen LogP contribution in [0.25, 0.3) is 0 Å². The molecular formula is C18H30N2O3. The minimum absolute atomic E-state index is 0.458. The number of carbonyl (C=O) groups is 1. The van der Waals surface area contributed by atoms with Crippen LogP contribution in [0, 0.1) is 0 Å². The average Bonchev–Trinajstić information content (AvgIpc) is 2.47. The monoisotopic (exact) mass is 322 g/mol. The molecule has 5 nitrogen and oxygen atoms in total. The molecule has 0 aliphatic rings. The van der Waals surface area contributed by atoms with Gasteiger partial charge in [0.15, 0.2) is 0 Å². The summed E-state index contributed by atoms with van der Waals surface area (Å²) in [6.07, 6.45) is 1.80. The minimum atomic E-state index is -0.505. The van der Waals surface area contributed by atoms with Crippen LogP contribution in [0.15, 0.2) is 24.3 Å². The molecule has 0 atom stereocenters. The number of benzene rings is 1. The van der Waals surface area contributed by atoms with Crippen molar-refractivity contribution >= 4 is 11.8 Å². The third kappa shape index (κ3) is 8.45. The van der Waals surface area contributed by atoms with Crippen LogP contribution in [0.2, 0.25) is 0 Å². The van der Waals surface area contributed by atoms with Crippen molar-refractivity contribution in [3.05, 3.63) is 24.3 Å². The number of hydrogen-bond donors (Lipinski definition) is 2. The van der Waals surface area contributed by atoms with Crippen LogP contribution in [-0.2, 0) is 4.74 Å². The first-order valence-corrected chi connectivity index (χ1v) is 8.30. The molecule has 0 bridgehead atoms. The fourth-order valence-corrected chi connectivity index (χ4v) is 2.07. The Morgan fingerprint density at radius 3 is 2.26 bits per heavy atom. The molecule has 0 aliphatic carbocycles. The van der Waals surface area contributed by atoms with Crippen LogP contribution in [0.5, 0.6) is 5.75 Å². The zero-order valence-corrected chi connectivity index (χ0v) is 14.9. The predicted octanol–water partition coefficient (Wildman–Crippen LogP) is 4.19. The Balaban J connectivity index is 2.34. The quantitative estimate of drug-likeness (QED) is 0.705. The molecule has 0 aliphatic heterocycles. The van der Waals surface area contributed by atoms with Gasteiger partial charge in [-0.05, 0) is 57.9 Å². The van der Waals surface area contributed by atoms with Crippen molar-refractivity contribution in [1.29, 1.82) is 0 Å². The van der Waals surface area contributed by atoms with Gasteiger partial charge in [0.25, 0.3) is 0 Å². The van der Waals surface area contributed by atoms with Gasteiger partial charge in [-0.2, -0.15) is 0 Å². The van der Waals surface area contributed by atoms with Crippen molar-refractivity contribution in [3.63, 3.8) is 0 Å². The summed E-state index contributed by atoms with van der Waals surface area (Å²) in [6, 6.07) is 7.83. The highest BCUT2D eigenvalue weighted by atomic mass is 16.6. The summed E-state index contributed by atoms with van der Waals surface area (Å²) in [5.74, 6) is 0.783. The van der Waals surface area contributed by atoms with Crippen molar-refractivity contribution in [1.82, 2.24) is 5.32 Å². The normalized spacial score (nSPS) is 11.4. The molecular weight excluding hydrogens is 292 g/mol. The number of carbonyl (C=O) groups excluding carboxylic acids is 1.